The number of aryl methyl sites for hydroxylation is 1. The van der Waals surface area contributed by atoms with Gasteiger partial charge in [0.05, 0.1) is 13.7 Å². The Bertz CT molecular complexity index is 886. The fourth-order valence-corrected chi connectivity index (χ4v) is 3.44. The van der Waals surface area contributed by atoms with Crippen molar-refractivity contribution in [2.45, 2.75) is 25.3 Å². The summed E-state index contributed by atoms with van der Waals surface area (Å²) in [7, 11) is -1.93. The second-order valence-corrected chi connectivity index (χ2v) is 7.79. The lowest BCUT2D eigenvalue weighted by Crippen LogP contribution is -2.41. The molecule has 0 unspecified atom stereocenters. The van der Waals surface area contributed by atoms with Crippen molar-refractivity contribution in [2.24, 2.45) is 4.99 Å². The number of benzene rings is 1. The number of guanidine groups is 1. The van der Waals surface area contributed by atoms with E-state index >= 15 is 0 Å². The monoisotopic (exact) mass is 405 g/mol. The molecule has 9 heteroatoms. The first-order valence-corrected chi connectivity index (χ1v) is 10.5. The lowest BCUT2D eigenvalue weighted by atomic mass is 10.1. The van der Waals surface area contributed by atoms with Crippen LogP contribution in [0, 0.1) is 6.92 Å². The van der Waals surface area contributed by atoms with Crippen LogP contribution >= 0.6 is 0 Å². The Morgan fingerprint density at radius 1 is 1.21 bits per heavy atom. The predicted molar refractivity (Wildman–Crippen MR) is 110 cm³/mol. The molecule has 0 aliphatic heterocycles. The Labute approximate surface area is 166 Å². The van der Waals surface area contributed by atoms with Crippen molar-refractivity contribution in [2.75, 3.05) is 26.7 Å². The van der Waals surface area contributed by atoms with E-state index in [1.165, 1.54) is 18.5 Å². The number of rotatable bonds is 9. The largest absolute Gasteiger partial charge is 0.496 e. The summed E-state index contributed by atoms with van der Waals surface area (Å²) in [5, 5.41) is 6.26. The molecule has 0 spiro atoms. The van der Waals surface area contributed by atoms with E-state index in [0.717, 1.165) is 16.9 Å². The van der Waals surface area contributed by atoms with E-state index in [1.54, 1.807) is 13.2 Å². The first-order chi connectivity index (χ1) is 13.5. The fraction of sp³-hybridized carbons (Fsp3) is 0.368. The minimum Gasteiger partial charge on any atom is -0.496 e. The van der Waals surface area contributed by atoms with E-state index in [0.29, 0.717) is 25.6 Å². The quantitative estimate of drug-likeness (QED) is 0.331. The highest BCUT2D eigenvalue weighted by Gasteiger charge is 2.12. The zero-order chi connectivity index (χ0) is 20.4. The summed E-state index contributed by atoms with van der Waals surface area (Å²) in [6, 6.07) is 9.06. The van der Waals surface area contributed by atoms with Gasteiger partial charge >= 0.3 is 0 Å². The summed E-state index contributed by atoms with van der Waals surface area (Å²) < 4.78 is 32.3. The summed E-state index contributed by atoms with van der Waals surface area (Å²) in [5.41, 5.74) is 2.10. The lowest BCUT2D eigenvalue weighted by Gasteiger charge is -2.13. The second kappa shape index (κ2) is 10.6. The number of sulfonamides is 1. The van der Waals surface area contributed by atoms with Crippen LogP contribution in [-0.4, -0.2) is 46.1 Å². The SMILES string of the molecule is CCNC(=NCc1ccc(C)cc1OC)NCCNS(=O)(=O)c1cccnc1. The predicted octanol–water partition coefficient (Wildman–Crippen LogP) is 1.43. The zero-order valence-corrected chi connectivity index (χ0v) is 17.2. The molecule has 28 heavy (non-hydrogen) atoms. The molecule has 0 bridgehead atoms. The third-order valence-electron chi connectivity index (χ3n) is 3.85. The van der Waals surface area contributed by atoms with Crippen LogP contribution < -0.4 is 20.1 Å². The van der Waals surface area contributed by atoms with Gasteiger partial charge in [0.2, 0.25) is 10.0 Å². The molecule has 0 atom stereocenters. The van der Waals surface area contributed by atoms with Crippen molar-refractivity contribution in [3.05, 3.63) is 53.9 Å². The molecule has 0 aliphatic carbocycles. The number of aromatic nitrogens is 1. The molecule has 152 valence electrons. The minimum absolute atomic E-state index is 0.141. The van der Waals surface area contributed by atoms with Crippen molar-refractivity contribution in [1.82, 2.24) is 20.3 Å². The highest BCUT2D eigenvalue weighted by molar-refractivity contribution is 7.89. The average molecular weight is 406 g/mol. The summed E-state index contributed by atoms with van der Waals surface area (Å²) in [4.78, 5) is 8.51. The van der Waals surface area contributed by atoms with Crippen molar-refractivity contribution >= 4 is 16.0 Å². The van der Waals surface area contributed by atoms with Crippen molar-refractivity contribution in [3.63, 3.8) is 0 Å². The maximum atomic E-state index is 12.2. The molecule has 3 N–H and O–H groups in total. The van der Waals surface area contributed by atoms with Gasteiger partial charge in [-0.15, -0.1) is 0 Å². The molecule has 1 heterocycles. The molecular formula is C19H27N5O3S. The lowest BCUT2D eigenvalue weighted by molar-refractivity contribution is 0.409. The van der Waals surface area contributed by atoms with E-state index < -0.39 is 10.0 Å². The molecule has 0 saturated heterocycles. The Morgan fingerprint density at radius 2 is 2.04 bits per heavy atom. The number of methoxy groups -OCH3 is 1. The van der Waals surface area contributed by atoms with Crippen LogP contribution in [0.4, 0.5) is 0 Å². The van der Waals surface area contributed by atoms with Crippen LogP contribution in [0.3, 0.4) is 0 Å². The highest BCUT2D eigenvalue weighted by atomic mass is 32.2. The van der Waals surface area contributed by atoms with Gasteiger partial charge in [-0.2, -0.15) is 0 Å². The molecule has 1 aromatic carbocycles. The summed E-state index contributed by atoms with van der Waals surface area (Å²) >= 11 is 0. The first kappa shape index (κ1) is 21.6. The number of hydrogen-bond donors (Lipinski definition) is 3. The molecule has 0 aliphatic rings. The number of hydrogen-bond acceptors (Lipinski definition) is 5. The van der Waals surface area contributed by atoms with Gasteiger partial charge in [0.15, 0.2) is 5.96 Å². The molecule has 2 rings (SSSR count). The van der Waals surface area contributed by atoms with Gasteiger partial charge in [-0.1, -0.05) is 12.1 Å². The van der Waals surface area contributed by atoms with Gasteiger partial charge in [-0.25, -0.2) is 18.1 Å². The van der Waals surface area contributed by atoms with Crippen molar-refractivity contribution < 1.29 is 13.2 Å². The van der Waals surface area contributed by atoms with Gasteiger partial charge < -0.3 is 15.4 Å². The maximum absolute atomic E-state index is 12.2. The third kappa shape index (κ3) is 6.50. The number of aliphatic imine (C=N–C) groups is 1. The van der Waals surface area contributed by atoms with E-state index in [-0.39, 0.29) is 11.4 Å². The molecule has 0 fully saturated rings. The molecule has 1 aromatic heterocycles. The Morgan fingerprint density at radius 3 is 2.71 bits per heavy atom. The van der Waals surface area contributed by atoms with Gasteiger partial charge in [0.1, 0.15) is 10.6 Å². The fourth-order valence-electron chi connectivity index (χ4n) is 2.44. The van der Waals surface area contributed by atoms with Gasteiger partial charge in [-0.05, 0) is 37.6 Å². The summed E-state index contributed by atoms with van der Waals surface area (Å²) in [6.45, 7) is 5.72. The topological polar surface area (TPSA) is 105 Å². The first-order valence-electron chi connectivity index (χ1n) is 9.01. The molecule has 8 nitrogen and oxygen atoms in total. The minimum atomic E-state index is -3.57. The maximum Gasteiger partial charge on any atom is 0.242 e. The molecule has 0 amide bonds. The highest BCUT2D eigenvalue weighted by Crippen LogP contribution is 2.20. The van der Waals surface area contributed by atoms with Gasteiger partial charge in [0.25, 0.3) is 0 Å². The molecule has 2 aromatic rings. The van der Waals surface area contributed by atoms with E-state index in [1.807, 2.05) is 32.0 Å². The van der Waals surface area contributed by atoms with Crippen LogP contribution in [0.2, 0.25) is 0 Å². The average Bonchev–Trinajstić information content (AvgIpc) is 2.70. The number of nitrogens with one attached hydrogen (secondary N) is 3. The van der Waals surface area contributed by atoms with E-state index in [4.69, 9.17) is 4.74 Å². The van der Waals surface area contributed by atoms with Crippen molar-refractivity contribution in [3.8, 4) is 5.75 Å². The van der Waals surface area contributed by atoms with Gasteiger partial charge in [0, 0.05) is 37.6 Å². The molecule has 0 radical (unpaired) electrons. The second-order valence-electron chi connectivity index (χ2n) is 6.02. The Hall–Kier alpha value is -2.65. The standard InChI is InChI=1S/C19H27N5O3S/c1-4-21-19(23-13-16-8-7-15(2)12-18(16)27-3)22-10-11-24-28(25,26)17-6-5-9-20-14-17/h5-9,12,14,24H,4,10-11,13H2,1-3H3,(H2,21,22,23). The number of pyridine rings is 1. The summed E-state index contributed by atoms with van der Waals surface area (Å²) in [6.07, 6.45) is 2.85. The normalized spacial score (nSPS) is 11.9. The van der Waals surface area contributed by atoms with Crippen LogP contribution in [-0.2, 0) is 16.6 Å². The van der Waals surface area contributed by atoms with Crippen LogP contribution in [0.25, 0.3) is 0 Å². The van der Waals surface area contributed by atoms with Crippen LogP contribution in [0.1, 0.15) is 18.1 Å². The van der Waals surface area contributed by atoms with Gasteiger partial charge in [-0.3, -0.25) is 4.98 Å². The van der Waals surface area contributed by atoms with E-state index in [9.17, 15) is 8.42 Å². The Balaban J connectivity index is 1.91. The molecular weight excluding hydrogens is 378 g/mol. The molecule has 0 saturated carbocycles. The third-order valence-corrected chi connectivity index (χ3v) is 5.29. The Kier molecular flexibility index (Phi) is 8.21. The van der Waals surface area contributed by atoms with Crippen molar-refractivity contribution in [1.29, 1.82) is 0 Å². The number of ether oxygens (including phenoxy) is 1. The summed E-state index contributed by atoms with van der Waals surface area (Å²) in [5.74, 6) is 1.40. The van der Waals surface area contributed by atoms with E-state index in [2.05, 4.69) is 25.3 Å². The zero-order valence-electron chi connectivity index (χ0n) is 16.4. The number of nitrogens with zero attached hydrogens (tertiary/aromatic N) is 2. The van der Waals surface area contributed by atoms with Crippen LogP contribution in [0.5, 0.6) is 5.75 Å². The van der Waals surface area contributed by atoms with Crippen LogP contribution in [0.15, 0.2) is 52.6 Å². The smallest absolute Gasteiger partial charge is 0.242 e.